The number of thioether (sulfide) groups is 1. The summed E-state index contributed by atoms with van der Waals surface area (Å²) in [7, 11) is 0. The predicted molar refractivity (Wildman–Crippen MR) is 115 cm³/mol. The first-order valence-corrected chi connectivity index (χ1v) is 11.3. The fourth-order valence-corrected chi connectivity index (χ4v) is 4.88. The zero-order chi connectivity index (χ0) is 23.5. The molecule has 0 amide bonds. The van der Waals surface area contributed by atoms with Gasteiger partial charge in [0.25, 0.3) is 0 Å². The van der Waals surface area contributed by atoms with Gasteiger partial charge in [0.05, 0.1) is 12.8 Å². The number of rotatable bonds is 7. The largest absolute Gasteiger partial charge is 0.394 e. The Hall–Kier alpha value is -2.44. The maximum absolute atomic E-state index is 13.6. The summed E-state index contributed by atoms with van der Waals surface area (Å²) in [5.74, 6) is -3.73. The van der Waals surface area contributed by atoms with Crippen molar-refractivity contribution in [1.29, 1.82) is 0 Å². The van der Waals surface area contributed by atoms with Crippen molar-refractivity contribution in [2.75, 3.05) is 12.4 Å². The number of benzene rings is 2. The van der Waals surface area contributed by atoms with Crippen LogP contribution in [-0.2, 0) is 11.2 Å². The van der Waals surface area contributed by atoms with Crippen LogP contribution in [0.5, 0.6) is 0 Å². The molecule has 0 bridgehead atoms. The summed E-state index contributed by atoms with van der Waals surface area (Å²) in [4.78, 5) is 0. The van der Waals surface area contributed by atoms with Crippen molar-refractivity contribution in [2.24, 2.45) is 0 Å². The highest BCUT2D eigenvalue weighted by Gasteiger charge is 2.46. The fourth-order valence-electron chi connectivity index (χ4n) is 3.71. The second-order valence-electron chi connectivity index (χ2n) is 7.64. The van der Waals surface area contributed by atoms with Gasteiger partial charge in [0, 0.05) is 5.56 Å². The molecule has 4 rings (SSSR count). The second-order valence-corrected chi connectivity index (χ2v) is 8.85. The van der Waals surface area contributed by atoms with Crippen molar-refractivity contribution < 1.29 is 33.2 Å². The molecule has 0 aliphatic carbocycles. The normalized spacial score (nSPS) is 25.3. The molecule has 3 N–H and O–H groups in total. The lowest BCUT2D eigenvalue weighted by Gasteiger charge is -2.41. The average molecular weight is 481 g/mol. The van der Waals surface area contributed by atoms with Crippen LogP contribution in [0.25, 0.3) is 11.3 Å². The molecule has 1 aromatic heterocycles. The lowest BCUT2D eigenvalue weighted by molar-refractivity contribution is -0.178. The van der Waals surface area contributed by atoms with Gasteiger partial charge in [-0.25, -0.2) is 17.9 Å². The Morgan fingerprint density at radius 1 is 1.03 bits per heavy atom. The van der Waals surface area contributed by atoms with E-state index in [0.29, 0.717) is 5.75 Å². The van der Waals surface area contributed by atoms with Crippen LogP contribution in [0.4, 0.5) is 13.2 Å². The highest BCUT2D eigenvalue weighted by molar-refractivity contribution is 7.99. The van der Waals surface area contributed by atoms with Gasteiger partial charge < -0.3 is 20.1 Å². The van der Waals surface area contributed by atoms with Crippen LogP contribution in [0.3, 0.4) is 0 Å². The Labute approximate surface area is 191 Å². The van der Waals surface area contributed by atoms with Crippen molar-refractivity contribution in [2.45, 2.75) is 36.2 Å². The minimum absolute atomic E-state index is 0.0209. The van der Waals surface area contributed by atoms with Crippen molar-refractivity contribution in [3.63, 3.8) is 0 Å². The molecular formula is C22H22F3N3O4S. The van der Waals surface area contributed by atoms with Crippen LogP contribution >= 0.6 is 11.8 Å². The van der Waals surface area contributed by atoms with Crippen LogP contribution in [0.2, 0.25) is 0 Å². The summed E-state index contributed by atoms with van der Waals surface area (Å²) in [5, 5.41) is 39.0. The summed E-state index contributed by atoms with van der Waals surface area (Å²) >= 11 is 1.33. The predicted octanol–water partition coefficient (Wildman–Crippen LogP) is 2.32. The number of hydrogen-bond donors (Lipinski definition) is 3. The molecule has 0 saturated carbocycles. The third-order valence-electron chi connectivity index (χ3n) is 5.46. The summed E-state index contributed by atoms with van der Waals surface area (Å²) in [6, 6.07) is 10.3. The summed E-state index contributed by atoms with van der Waals surface area (Å²) in [5.41, 5.74) is 0.312. The summed E-state index contributed by atoms with van der Waals surface area (Å²) < 4.78 is 47.3. The molecule has 2 aromatic carbocycles. The van der Waals surface area contributed by atoms with Crippen LogP contribution in [0.1, 0.15) is 11.6 Å². The third-order valence-corrected chi connectivity index (χ3v) is 6.62. The molecule has 33 heavy (non-hydrogen) atoms. The van der Waals surface area contributed by atoms with E-state index in [4.69, 9.17) is 4.74 Å². The van der Waals surface area contributed by atoms with E-state index in [1.807, 2.05) is 30.3 Å². The van der Waals surface area contributed by atoms with Crippen molar-refractivity contribution in [3.8, 4) is 11.3 Å². The molecule has 11 heteroatoms. The number of hydrogen-bond acceptors (Lipinski definition) is 7. The summed E-state index contributed by atoms with van der Waals surface area (Å²) in [6.45, 7) is -0.490. The molecule has 5 atom stereocenters. The molecule has 1 aliphatic heterocycles. The maximum Gasteiger partial charge on any atom is 0.194 e. The van der Waals surface area contributed by atoms with Crippen LogP contribution < -0.4 is 0 Å². The Morgan fingerprint density at radius 2 is 1.73 bits per heavy atom. The van der Waals surface area contributed by atoms with E-state index in [2.05, 4.69) is 10.3 Å². The highest BCUT2D eigenvalue weighted by atomic mass is 32.2. The minimum Gasteiger partial charge on any atom is -0.394 e. The monoisotopic (exact) mass is 481 g/mol. The Kier molecular flexibility index (Phi) is 7.35. The molecule has 1 saturated heterocycles. The first-order valence-electron chi connectivity index (χ1n) is 10.2. The van der Waals surface area contributed by atoms with Gasteiger partial charge in [-0.05, 0) is 29.9 Å². The standard InChI is InChI=1S/C22H22F3N3O4S/c23-14-8-13(9-15(24)18(14)25)16-10-28(27-26-16)19-20(30)17(11-29)32-22(21(19)31)33-7-6-12-4-2-1-3-5-12/h1-5,8-10,17,19-22,29-31H,6-7,11H2/t17?,19-,20-,21?,22+/m0/s1. The zero-order valence-corrected chi connectivity index (χ0v) is 18.1. The van der Waals surface area contributed by atoms with Gasteiger partial charge in [-0.15, -0.1) is 16.9 Å². The fraction of sp³-hybridized carbons (Fsp3) is 0.364. The van der Waals surface area contributed by atoms with E-state index >= 15 is 0 Å². The van der Waals surface area contributed by atoms with Gasteiger partial charge in [-0.1, -0.05) is 35.5 Å². The molecule has 3 aromatic rings. The van der Waals surface area contributed by atoms with E-state index in [1.54, 1.807) is 0 Å². The van der Waals surface area contributed by atoms with E-state index in [9.17, 15) is 28.5 Å². The Morgan fingerprint density at radius 3 is 2.39 bits per heavy atom. The average Bonchev–Trinajstić information content (AvgIpc) is 3.29. The number of halogens is 3. The molecule has 0 radical (unpaired) electrons. The Bertz CT molecular complexity index is 1060. The molecule has 7 nitrogen and oxygen atoms in total. The van der Waals surface area contributed by atoms with E-state index in [0.717, 1.165) is 24.1 Å². The first-order chi connectivity index (χ1) is 15.9. The Balaban J connectivity index is 1.53. The van der Waals surface area contributed by atoms with Gasteiger partial charge in [0.1, 0.15) is 35.5 Å². The van der Waals surface area contributed by atoms with Gasteiger partial charge in [0.2, 0.25) is 0 Å². The number of ether oxygens (including phenoxy) is 1. The maximum atomic E-state index is 13.6. The van der Waals surface area contributed by atoms with Gasteiger partial charge in [0.15, 0.2) is 17.5 Å². The highest BCUT2D eigenvalue weighted by Crippen LogP contribution is 2.35. The molecule has 0 spiro atoms. The van der Waals surface area contributed by atoms with Crippen molar-refractivity contribution >= 4 is 11.8 Å². The molecule has 2 unspecified atom stereocenters. The second kappa shape index (κ2) is 10.2. The lowest BCUT2D eigenvalue weighted by Crippen LogP contribution is -2.55. The van der Waals surface area contributed by atoms with Gasteiger partial charge >= 0.3 is 0 Å². The number of aliphatic hydroxyl groups excluding tert-OH is 3. The molecule has 1 fully saturated rings. The van der Waals surface area contributed by atoms with Crippen molar-refractivity contribution in [3.05, 3.63) is 71.7 Å². The number of aromatic nitrogens is 3. The molecule has 2 heterocycles. The zero-order valence-electron chi connectivity index (χ0n) is 17.3. The van der Waals surface area contributed by atoms with Crippen LogP contribution in [-0.4, -0.2) is 66.4 Å². The molecular weight excluding hydrogens is 459 g/mol. The smallest absolute Gasteiger partial charge is 0.194 e. The lowest BCUT2D eigenvalue weighted by atomic mass is 9.97. The molecule has 176 valence electrons. The van der Waals surface area contributed by atoms with Gasteiger partial charge in [-0.3, -0.25) is 0 Å². The summed E-state index contributed by atoms with van der Waals surface area (Å²) in [6.07, 6.45) is -1.52. The van der Waals surface area contributed by atoms with E-state index in [1.165, 1.54) is 22.6 Å². The minimum atomic E-state index is -1.59. The number of aryl methyl sites for hydroxylation is 1. The number of nitrogens with zero attached hydrogens (tertiary/aromatic N) is 3. The number of aliphatic hydroxyl groups is 3. The van der Waals surface area contributed by atoms with E-state index < -0.39 is 53.8 Å². The van der Waals surface area contributed by atoms with Crippen molar-refractivity contribution in [1.82, 2.24) is 15.0 Å². The first kappa shape index (κ1) is 23.7. The van der Waals surface area contributed by atoms with E-state index in [-0.39, 0.29) is 11.3 Å². The SMILES string of the molecule is OCC1O[C@H](SCCc2ccccc2)C(O)[C@@H](n2cc(-c3cc(F)c(F)c(F)c3)nn2)[C@H]1O. The topological polar surface area (TPSA) is 101 Å². The van der Waals surface area contributed by atoms with Crippen LogP contribution in [0, 0.1) is 17.5 Å². The third kappa shape index (κ3) is 5.07. The quantitative estimate of drug-likeness (QED) is 0.446. The molecule has 1 aliphatic rings. The van der Waals surface area contributed by atoms with Crippen LogP contribution in [0.15, 0.2) is 48.7 Å². The van der Waals surface area contributed by atoms with Gasteiger partial charge in [-0.2, -0.15) is 0 Å².